The van der Waals surface area contributed by atoms with Gasteiger partial charge in [0.1, 0.15) is 5.75 Å². The van der Waals surface area contributed by atoms with Crippen molar-refractivity contribution in [2.45, 2.75) is 38.1 Å². The van der Waals surface area contributed by atoms with E-state index in [4.69, 9.17) is 4.74 Å². The Bertz CT molecular complexity index is 713. The van der Waals surface area contributed by atoms with Crippen LogP contribution in [0.25, 0.3) is 11.1 Å². The van der Waals surface area contributed by atoms with Crippen LogP contribution in [0, 0.1) is 0 Å². The van der Waals surface area contributed by atoms with Crippen LogP contribution in [-0.4, -0.2) is 25.7 Å². The summed E-state index contributed by atoms with van der Waals surface area (Å²) in [4.78, 5) is 0. The van der Waals surface area contributed by atoms with Crippen molar-refractivity contribution < 1.29 is 4.74 Å². The number of hydrogen-bond acceptors (Lipinski definition) is 3. The van der Waals surface area contributed by atoms with Gasteiger partial charge in [0.15, 0.2) is 0 Å². The molecule has 3 heteroatoms. The largest absolute Gasteiger partial charge is 0.493 e. The molecule has 2 N–H and O–H groups in total. The van der Waals surface area contributed by atoms with Gasteiger partial charge in [-0.05, 0) is 55.6 Å². The minimum absolute atomic E-state index is 0.555. The van der Waals surface area contributed by atoms with E-state index in [0.717, 1.165) is 31.9 Å². The Morgan fingerprint density at radius 2 is 1.83 bits per heavy atom. The summed E-state index contributed by atoms with van der Waals surface area (Å²) in [6, 6.07) is 15.7. The maximum absolute atomic E-state index is 6.03. The Balaban J connectivity index is 1.78. The summed E-state index contributed by atoms with van der Waals surface area (Å²) in [5.41, 5.74) is 5.36. The third kappa shape index (κ3) is 2.78. The molecule has 126 valence electrons. The zero-order valence-corrected chi connectivity index (χ0v) is 14.3. The van der Waals surface area contributed by atoms with Gasteiger partial charge in [0, 0.05) is 23.2 Å². The summed E-state index contributed by atoms with van der Waals surface area (Å²) < 4.78 is 6.03. The lowest BCUT2D eigenvalue weighted by atomic mass is 9.85. The van der Waals surface area contributed by atoms with E-state index in [9.17, 15) is 0 Å². The molecule has 1 saturated heterocycles. The molecule has 4 rings (SSSR count). The summed E-state index contributed by atoms with van der Waals surface area (Å²) in [5, 5.41) is 7.31. The highest BCUT2D eigenvalue weighted by molar-refractivity contribution is 5.81. The number of para-hydroxylation sites is 1. The molecule has 2 atom stereocenters. The second-order valence-electron chi connectivity index (χ2n) is 6.80. The topological polar surface area (TPSA) is 33.3 Å². The maximum atomic E-state index is 6.03. The minimum Gasteiger partial charge on any atom is -0.493 e. The van der Waals surface area contributed by atoms with Crippen molar-refractivity contribution in [2.24, 2.45) is 0 Å². The van der Waals surface area contributed by atoms with Crippen molar-refractivity contribution in [3.05, 3.63) is 48.0 Å². The van der Waals surface area contributed by atoms with Crippen LogP contribution < -0.4 is 15.4 Å². The number of nitrogens with one attached hydrogen (secondary N) is 2. The van der Waals surface area contributed by atoms with E-state index in [1.807, 2.05) is 0 Å². The van der Waals surface area contributed by atoms with Crippen LogP contribution in [0.1, 0.15) is 37.7 Å². The predicted octanol–water partition coefficient (Wildman–Crippen LogP) is 4.40. The Labute approximate surface area is 144 Å². The third-order valence-electron chi connectivity index (χ3n) is 5.21. The second kappa shape index (κ2) is 6.86. The predicted molar refractivity (Wildman–Crippen MR) is 99.9 cm³/mol. The van der Waals surface area contributed by atoms with E-state index >= 15 is 0 Å². The van der Waals surface area contributed by atoms with Gasteiger partial charge in [0.2, 0.25) is 0 Å². The van der Waals surface area contributed by atoms with Gasteiger partial charge in [0.05, 0.1) is 6.61 Å². The lowest BCUT2D eigenvalue weighted by Crippen LogP contribution is -2.21. The normalized spacial score (nSPS) is 22.2. The van der Waals surface area contributed by atoms with Crippen molar-refractivity contribution in [3.63, 3.8) is 0 Å². The molecule has 1 unspecified atom stereocenters. The highest BCUT2D eigenvalue weighted by Gasteiger charge is 2.35. The van der Waals surface area contributed by atoms with E-state index in [-0.39, 0.29) is 0 Å². The zero-order valence-electron chi connectivity index (χ0n) is 14.3. The summed E-state index contributed by atoms with van der Waals surface area (Å²) in [5.74, 6) is 1.59. The maximum Gasteiger partial charge on any atom is 0.127 e. The number of benzene rings is 2. The van der Waals surface area contributed by atoms with E-state index in [2.05, 4.69) is 60.0 Å². The van der Waals surface area contributed by atoms with Gasteiger partial charge in [0.25, 0.3) is 0 Å². The van der Waals surface area contributed by atoms with Crippen molar-refractivity contribution in [1.82, 2.24) is 5.32 Å². The summed E-state index contributed by atoms with van der Waals surface area (Å²) in [6.07, 6.45) is 3.41. The second-order valence-corrected chi connectivity index (χ2v) is 6.80. The van der Waals surface area contributed by atoms with Gasteiger partial charge < -0.3 is 15.4 Å². The van der Waals surface area contributed by atoms with Crippen LogP contribution in [0.4, 0.5) is 5.69 Å². The summed E-state index contributed by atoms with van der Waals surface area (Å²) in [7, 11) is 0. The molecule has 0 aliphatic carbocycles. The van der Waals surface area contributed by atoms with Crippen molar-refractivity contribution in [2.75, 3.05) is 25.0 Å². The molecule has 0 amide bonds. The van der Waals surface area contributed by atoms with Crippen LogP contribution in [0.3, 0.4) is 0 Å². The fourth-order valence-corrected chi connectivity index (χ4v) is 4.11. The Hall–Kier alpha value is -2.00. The summed E-state index contributed by atoms with van der Waals surface area (Å²) in [6.45, 7) is 5.12. The first-order chi connectivity index (χ1) is 11.9. The molecule has 2 aliphatic heterocycles. The SMILES string of the molecule is CCCOc1ccccc1-c1cccc2c1[C@H]1CCNCCC1N2. The fourth-order valence-electron chi connectivity index (χ4n) is 4.11. The molecule has 2 heterocycles. The molecule has 2 aromatic rings. The van der Waals surface area contributed by atoms with Crippen LogP contribution in [0.2, 0.25) is 0 Å². The molecule has 2 aliphatic rings. The van der Waals surface area contributed by atoms with Gasteiger partial charge >= 0.3 is 0 Å². The van der Waals surface area contributed by atoms with E-state index in [1.54, 1.807) is 0 Å². The zero-order chi connectivity index (χ0) is 16.4. The van der Waals surface area contributed by atoms with E-state index in [0.29, 0.717) is 12.0 Å². The molecule has 0 bridgehead atoms. The van der Waals surface area contributed by atoms with Crippen LogP contribution in [-0.2, 0) is 0 Å². The fraction of sp³-hybridized carbons (Fsp3) is 0.429. The lowest BCUT2D eigenvalue weighted by molar-refractivity contribution is 0.318. The molecule has 0 spiro atoms. The van der Waals surface area contributed by atoms with Crippen LogP contribution in [0.15, 0.2) is 42.5 Å². The average Bonchev–Trinajstić information content (AvgIpc) is 2.82. The van der Waals surface area contributed by atoms with Crippen LogP contribution in [0.5, 0.6) is 5.75 Å². The van der Waals surface area contributed by atoms with Gasteiger partial charge in [-0.25, -0.2) is 0 Å². The van der Waals surface area contributed by atoms with Gasteiger partial charge in [-0.2, -0.15) is 0 Å². The standard InChI is InChI=1S/C21H26N2O/c1-2-14-24-20-9-4-3-6-15(20)16-7-5-8-19-21(16)17-10-12-22-13-11-18(17)23-19/h3-9,17-18,22-23H,2,10-14H2,1H3/t17-,18?/m0/s1. The molecule has 24 heavy (non-hydrogen) atoms. The number of anilines is 1. The highest BCUT2D eigenvalue weighted by Crippen LogP contribution is 2.46. The van der Waals surface area contributed by atoms with Gasteiger partial charge in [-0.3, -0.25) is 0 Å². The smallest absolute Gasteiger partial charge is 0.127 e. The molecule has 1 fully saturated rings. The van der Waals surface area contributed by atoms with E-state index < -0.39 is 0 Å². The third-order valence-corrected chi connectivity index (χ3v) is 5.21. The molecule has 2 aromatic carbocycles. The Morgan fingerprint density at radius 1 is 1.00 bits per heavy atom. The quantitative estimate of drug-likeness (QED) is 0.875. The highest BCUT2D eigenvalue weighted by atomic mass is 16.5. The van der Waals surface area contributed by atoms with Crippen LogP contribution >= 0.6 is 0 Å². The first-order valence-electron chi connectivity index (χ1n) is 9.21. The monoisotopic (exact) mass is 322 g/mol. The van der Waals surface area contributed by atoms with Crippen molar-refractivity contribution in [3.8, 4) is 16.9 Å². The molecule has 0 saturated carbocycles. The molecule has 0 radical (unpaired) electrons. The molecule has 3 nitrogen and oxygen atoms in total. The molecular weight excluding hydrogens is 296 g/mol. The average molecular weight is 322 g/mol. The Morgan fingerprint density at radius 3 is 2.75 bits per heavy atom. The van der Waals surface area contributed by atoms with Gasteiger partial charge in [-0.15, -0.1) is 0 Å². The number of fused-ring (bicyclic) bond motifs is 3. The van der Waals surface area contributed by atoms with Crippen molar-refractivity contribution >= 4 is 5.69 Å². The lowest BCUT2D eigenvalue weighted by Gasteiger charge is -2.19. The van der Waals surface area contributed by atoms with Crippen molar-refractivity contribution in [1.29, 1.82) is 0 Å². The number of rotatable bonds is 4. The molecular formula is C21H26N2O. The van der Waals surface area contributed by atoms with Gasteiger partial charge in [-0.1, -0.05) is 37.3 Å². The first-order valence-corrected chi connectivity index (χ1v) is 9.21. The van der Waals surface area contributed by atoms with E-state index in [1.165, 1.54) is 35.2 Å². The summed E-state index contributed by atoms with van der Waals surface area (Å²) >= 11 is 0. The Kier molecular flexibility index (Phi) is 4.44. The minimum atomic E-state index is 0.555. The molecule has 0 aromatic heterocycles. The number of ether oxygens (including phenoxy) is 1. The first kappa shape index (κ1) is 15.5. The number of hydrogen-bond donors (Lipinski definition) is 2.